The molecule has 3 N–H and O–H groups in total. The van der Waals surface area contributed by atoms with Gasteiger partial charge < -0.3 is 16.0 Å². The van der Waals surface area contributed by atoms with Crippen LogP contribution in [0.15, 0.2) is 18.2 Å². The lowest BCUT2D eigenvalue weighted by Gasteiger charge is -2.15. The number of nitrogen functional groups attached to an aromatic ring is 1. The van der Waals surface area contributed by atoms with Crippen LogP contribution in [0.2, 0.25) is 0 Å². The summed E-state index contributed by atoms with van der Waals surface area (Å²) in [6, 6.07) is 5.28. The number of carbonyl (C=O) groups excluding carboxylic acids is 2. The molecule has 0 aliphatic carbocycles. The van der Waals surface area contributed by atoms with E-state index in [0.29, 0.717) is 30.3 Å². The predicted octanol–water partition coefficient (Wildman–Crippen LogP) is 0.997. The number of nitrogens with one attached hydrogen (secondary N) is 1. The fourth-order valence-corrected chi connectivity index (χ4v) is 2.05. The molecule has 1 aromatic rings. The van der Waals surface area contributed by atoms with Gasteiger partial charge in [-0.05, 0) is 23.6 Å². The summed E-state index contributed by atoms with van der Waals surface area (Å²) in [5, 5.41) is 2.81. The first-order chi connectivity index (χ1) is 8.97. The Morgan fingerprint density at radius 1 is 1.47 bits per heavy atom. The molecule has 5 heteroatoms. The number of anilines is 1. The molecule has 1 aromatic carbocycles. The van der Waals surface area contributed by atoms with E-state index >= 15 is 0 Å². The highest BCUT2D eigenvalue weighted by atomic mass is 16.2. The molecule has 102 valence electrons. The van der Waals surface area contributed by atoms with Crippen LogP contribution in [0.3, 0.4) is 0 Å². The summed E-state index contributed by atoms with van der Waals surface area (Å²) in [6.45, 7) is 5.25. The Bertz CT molecular complexity index is 511. The van der Waals surface area contributed by atoms with E-state index in [1.807, 2.05) is 19.9 Å². The number of carbonyl (C=O) groups is 2. The van der Waals surface area contributed by atoms with Crippen LogP contribution in [0.4, 0.5) is 5.69 Å². The first kappa shape index (κ1) is 13.4. The lowest BCUT2D eigenvalue weighted by atomic mass is 10.1. The SMILES string of the molecule is CC(C)CNC(=O)CN1Cc2ccc(N)cc2C1=O. The lowest BCUT2D eigenvalue weighted by Crippen LogP contribution is -2.38. The molecular weight excluding hydrogens is 242 g/mol. The molecule has 5 nitrogen and oxygen atoms in total. The van der Waals surface area contributed by atoms with E-state index in [-0.39, 0.29) is 18.4 Å². The molecule has 2 amide bonds. The first-order valence-corrected chi connectivity index (χ1v) is 6.41. The maximum Gasteiger partial charge on any atom is 0.255 e. The highest BCUT2D eigenvalue weighted by Crippen LogP contribution is 2.24. The topological polar surface area (TPSA) is 75.4 Å². The van der Waals surface area contributed by atoms with Crippen molar-refractivity contribution in [1.29, 1.82) is 0 Å². The Kier molecular flexibility index (Phi) is 3.74. The van der Waals surface area contributed by atoms with Gasteiger partial charge in [0.25, 0.3) is 5.91 Å². The molecule has 1 aliphatic rings. The van der Waals surface area contributed by atoms with Gasteiger partial charge in [0.15, 0.2) is 0 Å². The summed E-state index contributed by atoms with van der Waals surface area (Å²) in [7, 11) is 0. The molecule has 0 fully saturated rings. The second-order valence-electron chi connectivity index (χ2n) is 5.28. The maximum absolute atomic E-state index is 12.1. The summed E-state index contributed by atoms with van der Waals surface area (Å²) in [4.78, 5) is 25.4. The number of amides is 2. The lowest BCUT2D eigenvalue weighted by molar-refractivity contribution is -0.121. The number of nitrogens with two attached hydrogens (primary N) is 1. The summed E-state index contributed by atoms with van der Waals surface area (Å²) < 4.78 is 0. The molecule has 0 unspecified atom stereocenters. The second-order valence-corrected chi connectivity index (χ2v) is 5.28. The van der Waals surface area contributed by atoms with E-state index < -0.39 is 0 Å². The van der Waals surface area contributed by atoms with E-state index in [1.165, 1.54) is 0 Å². The van der Waals surface area contributed by atoms with E-state index in [9.17, 15) is 9.59 Å². The largest absolute Gasteiger partial charge is 0.399 e. The number of rotatable bonds is 4. The minimum Gasteiger partial charge on any atom is -0.399 e. The number of hydrogen-bond acceptors (Lipinski definition) is 3. The van der Waals surface area contributed by atoms with Crippen molar-refractivity contribution in [3.8, 4) is 0 Å². The van der Waals surface area contributed by atoms with Crippen LogP contribution in [0, 0.1) is 5.92 Å². The Labute approximate surface area is 112 Å². The molecule has 1 aliphatic heterocycles. The van der Waals surface area contributed by atoms with Crippen molar-refractivity contribution in [2.24, 2.45) is 5.92 Å². The third-order valence-electron chi connectivity index (χ3n) is 3.05. The number of fused-ring (bicyclic) bond motifs is 1. The second kappa shape index (κ2) is 5.30. The van der Waals surface area contributed by atoms with Gasteiger partial charge in [-0.25, -0.2) is 0 Å². The average Bonchev–Trinajstić information content (AvgIpc) is 2.64. The normalized spacial score (nSPS) is 13.8. The fraction of sp³-hybridized carbons (Fsp3) is 0.429. The van der Waals surface area contributed by atoms with Crippen LogP contribution in [0.25, 0.3) is 0 Å². The number of hydrogen-bond donors (Lipinski definition) is 2. The van der Waals surface area contributed by atoms with Crippen LogP contribution in [0.1, 0.15) is 29.8 Å². The van der Waals surface area contributed by atoms with Gasteiger partial charge in [-0.3, -0.25) is 9.59 Å². The molecule has 0 aromatic heterocycles. The summed E-state index contributed by atoms with van der Waals surface area (Å²) in [5.74, 6) is 0.153. The third kappa shape index (κ3) is 3.05. The molecule has 0 saturated carbocycles. The Hall–Kier alpha value is -2.04. The van der Waals surface area contributed by atoms with Crippen molar-refractivity contribution in [2.75, 3.05) is 18.8 Å². The van der Waals surface area contributed by atoms with E-state index in [0.717, 1.165) is 5.56 Å². The van der Waals surface area contributed by atoms with Crippen LogP contribution in [-0.2, 0) is 11.3 Å². The van der Waals surface area contributed by atoms with Crippen LogP contribution >= 0.6 is 0 Å². The van der Waals surface area contributed by atoms with Gasteiger partial charge in [-0.15, -0.1) is 0 Å². The van der Waals surface area contributed by atoms with Crippen molar-refractivity contribution in [2.45, 2.75) is 20.4 Å². The Morgan fingerprint density at radius 3 is 2.89 bits per heavy atom. The molecule has 0 saturated heterocycles. The van der Waals surface area contributed by atoms with Crippen LogP contribution in [-0.4, -0.2) is 29.8 Å². The predicted molar refractivity (Wildman–Crippen MR) is 73.4 cm³/mol. The molecule has 0 spiro atoms. The summed E-state index contributed by atoms with van der Waals surface area (Å²) in [6.07, 6.45) is 0. The van der Waals surface area contributed by atoms with Crippen molar-refractivity contribution in [3.05, 3.63) is 29.3 Å². The van der Waals surface area contributed by atoms with Crippen molar-refractivity contribution in [1.82, 2.24) is 10.2 Å². The monoisotopic (exact) mass is 261 g/mol. The zero-order valence-corrected chi connectivity index (χ0v) is 11.3. The van der Waals surface area contributed by atoms with Gasteiger partial charge >= 0.3 is 0 Å². The van der Waals surface area contributed by atoms with Crippen molar-refractivity contribution >= 4 is 17.5 Å². The smallest absolute Gasteiger partial charge is 0.255 e. The molecule has 2 rings (SSSR count). The third-order valence-corrected chi connectivity index (χ3v) is 3.05. The molecule has 0 atom stereocenters. The van der Waals surface area contributed by atoms with E-state index in [2.05, 4.69) is 5.32 Å². The van der Waals surface area contributed by atoms with E-state index in [1.54, 1.807) is 17.0 Å². The molecule has 1 heterocycles. The summed E-state index contributed by atoms with van der Waals surface area (Å²) >= 11 is 0. The number of benzene rings is 1. The molecular formula is C14H19N3O2. The van der Waals surface area contributed by atoms with Gasteiger partial charge in [0, 0.05) is 24.3 Å². The molecule has 19 heavy (non-hydrogen) atoms. The standard InChI is InChI=1S/C14H19N3O2/c1-9(2)6-16-13(18)8-17-7-10-3-4-11(15)5-12(10)14(17)19/h3-5,9H,6-8,15H2,1-2H3,(H,16,18). The van der Waals surface area contributed by atoms with Gasteiger partial charge in [0.1, 0.15) is 6.54 Å². The quantitative estimate of drug-likeness (QED) is 0.794. The molecule has 0 radical (unpaired) electrons. The summed E-state index contributed by atoms with van der Waals surface area (Å²) in [5.41, 5.74) is 7.77. The highest BCUT2D eigenvalue weighted by molar-refractivity contribution is 6.00. The van der Waals surface area contributed by atoms with Gasteiger partial charge in [-0.1, -0.05) is 19.9 Å². The van der Waals surface area contributed by atoms with Crippen molar-refractivity contribution in [3.63, 3.8) is 0 Å². The first-order valence-electron chi connectivity index (χ1n) is 6.41. The minimum atomic E-state index is -0.123. The van der Waals surface area contributed by atoms with Gasteiger partial charge in [0.2, 0.25) is 5.91 Å². The Morgan fingerprint density at radius 2 is 2.21 bits per heavy atom. The van der Waals surface area contributed by atoms with Gasteiger partial charge in [0.05, 0.1) is 0 Å². The zero-order chi connectivity index (χ0) is 14.0. The van der Waals surface area contributed by atoms with Crippen LogP contribution in [0.5, 0.6) is 0 Å². The van der Waals surface area contributed by atoms with Crippen molar-refractivity contribution < 1.29 is 9.59 Å². The zero-order valence-electron chi connectivity index (χ0n) is 11.3. The van der Waals surface area contributed by atoms with E-state index in [4.69, 9.17) is 5.73 Å². The average molecular weight is 261 g/mol. The molecule has 0 bridgehead atoms. The fourth-order valence-electron chi connectivity index (χ4n) is 2.05. The van der Waals surface area contributed by atoms with Gasteiger partial charge in [-0.2, -0.15) is 0 Å². The van der Waals surface area contributed by atoms with Crippen LogP contribution < -0.4 is 11.1 Å². The minimum absolute atomic E-state index is 0.0974. The Balaban J connectivity index is 1.98. The number of nitrogens with zero attached hydrogens (tertiary/aromatic N) is 1. The highest BCUT2D eigenvalue weighted by Gasteiger charge is 2.28. The maximum atomic E-state index is 12.1.